The Bertz CT molecular complexity index is 545. The van der Waals surface area contributed by atoms with Crippen molar-refractivity contribution in [2.45, 2.75) is 17.2 Å². The number of hydrogen-bond donors (Lipinski definition) is 1. The van der Waals surface area contributed by atoms with Crippen molar-refractivity contribution in [3.8, 4) is 0 Å². The first kappa shape index (κ1) is 13.2. The molecule has 96 valence electrons. The van der Waals surface area contributed by atoms with Crippen LogP contribution in [0.2, 0.25) is 5.02 Å². The minimum absolute atomic E-state index is 0.322. The van der Waals surface area contributed by atoms with Gasteiger partial charge in [-0.2, -0.15) is 8.78 Å². The highest BCUT2D eigenvalue weighted by molar-refractivity contribution is 7.98. The van der Waals surface area contributed by atoms with Crippen LogP contribution in [0.3, 0.4) is 0 Å². The Hall–Kier alpha value is -1.27. The lowest BCUT2D eigenvalue weighted by Gasteiger charge is -2.06. The van der Waals surface area contributed by atoms with Gasteiger partial charge < -0.3 is 5.73 Å². The number of imidazole rings is 1. The van der Waals surface area contributed by atoms with Gasteiger partial charge in [-0.1, -0.05) is 11.6 Å². The van der Waals surface area contributed by atoms with Gasteiger partial charge in [0.15, 0.2) is 0 Å². The van der Waals surface area contributed by atoms with E-state index in [9.17, 15) is 8.78 Å². The van der Waals surface area contributed by atoms with Gasteiger partial charge in [-0.3, -0.25) is 4.57 Å². The summed E-state index contributed by atoms with van der Waals surface area (Å²) in [6.45, 7) is -2.57. The third-order valence-corrected chi connectivity index (χ3v) is 3.62. The fourth-order valence-electron chi connectivity index (χ4n) is 1.38. The zero-order chi connectivity index (χ0) is 13.1. The highest BCUT2D eigenvalue weighted by atomic mass is 35.5. The van der Waals surface area contributed by atoms with Gasteiger partial charge in [0.05, 0.1) is 16.5 Å². The topological polar surface area (TPSA) is 43.8 Å². The lowest BCUT2D eigenvalue weighted by atomic mass is 10.3. The molecule has 0 aliphatic rings. The van der Waals surface area contributed by atoms with E-state index in [1.54, 1.807) is 18.2 Å². The van der Waals surface area contributed by atoms with Gasteiger partial charge in [0.25, 0.3) is 0 Å². The van der Waals surface area contributed by atoms with Crippen LogP contribution < -0.4 is 5.73 Å². The fraction of sp³-hybridized carbons (Fsp3) is 0.182. The lowest BCUT2D eigenvalue weighted by molar-refractivity contribution is 0.0678. The highest BCUT2D eigenvalue weighted by Crippen LogP contribution is 2.28. The van der Waals surface area contributed by atoms with Crippen LogP contribution in [0.4, 0.5) is 14.5 Å². The molecule has 2 aromatic rings. The second-order valence-electron chi connectivity index (χ2n) is 3.50. The SMILES string of the molecule is Nc1ccc(SCc2nccn2C(F)F)cc1Cl. The molecule has 0 saturated heterocycles. The standard InChI is InChI=1S/C11H10ClF2N3S/c12-8-5-7(1-2-9(8)15)18-6-10-16-3-4-17(10)11(13)14/h1-5,11H,6,15H2. The van der Waals surface area contributed by atoms with Crippen molar-refractivity contribution in [2.75, 3.05) is 5.73 Å². The third-order valence-electron chi connectivity index (χ3n) is 2.30. The van der Waals surface area contributed by atoms with Crippen molar-refractivity contribution in [1.29, 1.82) is 0 Å². The van der Waals surface area contributed by atoms with Crippen molar-refractivity contribution >= 4 is 29.1 Å². The summed E-state index contributed by atoms with van der Waals surface area (Å²) in [6.07, 6.45) is 2.62. The first-order valence-corrected chi connectivity index (χ1v) is 6.42. The van der Waals surface area contributed by atoms with E-state index < -0.39 is 6.55 Å². The van der Waals surface area contributed by atoms with E-state index in [1.165, 1.54) is 24.2 Å². The molecular weight excluding hydrogens is 280 g/mol. The summed E-state index contributed by atoms with van der Waals surface area (Å²) in [5.74, 6) is 0.667. The second-order valence-corrected chi connectivity index (χ2v) is 4.96. The molecule has 1 aromatic heterocycles. The van der Waals surface area contributed by atoms with E-state index in [1.807, 2.05) is 0 Å². The van der Waals surface area contributed by atoms with E-state index in [2.05, 4.69) is 4.98 Å². The Morgan fingerprint density at radius 1 is 1.44 bits per heavy atom. The van der Waals surface area contributed by atoms with Gasteiger partial charge in [0.2, 0.25) is 0 Å². The molecule has 0 aliphatic heterocycles. The monoisotopic (exact) mass is 289 g/mol. The van der Waals surface area contributed by atoms with E-state index in [4.69, 9.17) is 17.3 Å². The first-order chi connectivity index (χ1) is 8.58. The van der Waals surface area contributed by atoms with E-state index in [-0.39, 0.29) is 0 Å². The smallest absolute Gasteiger partial charge is 0.319 e. The summed E-state index contributed by atoms with van der Waals surface area (Å²) >= 11 is 7.25. The Labute approximate surface area is 112 Å². The number of nitrogen functional groups attached to an aromatic ring is 1. The van der Waals surface area contributed by atoms with E-state index in [0.717, 1.165) is 9.46 Å². The minimum Gasteiger partial charge on any atom is -0.398 e. The van der Waals surface area contributed by atoms with Gasteiger partial charge in [-0.05, 0) is 18.2 Å². The molecule has 18 heavy (non-hydrogen) atoms. The van der Waals surface area contributed by atoms with Gasteiger partial charge >= 0.3 is 6.55 Å². The van der Waals surface area contributed by atoms with Crippen molar-refractivity contribution in [3.63, 3.8) is 0 Å². The lowest BCUT2D eigenvalue weighted by Crippen LogP contribution is -2.01. The Balaban J connectivity index is 2.07. The molecular formula is C11H10ClF2N3S. The number of alkyl halides is 2. The molecule has 2 rings (SSSR count). The zero-order valence-corrected chi connectivity index (χ0v) is 10.8. The number of nitrogens with zero attached hydrogens (tertiary/aromatic N) is 2. The summed E-state index contributed by atoms with van der Waals surface area (Å²) in [5, 5.41) is 0.456. The summed E-state index contributed by atoms with van der Waals surface area (Å²) in [7, 11) is 0. The van der Waals surface area contributed by atoms with Crippen LogP contribution in [0.5, 0.6) is 0 Å². The molecule has 1 aromatic carbocycles. The van der Waals surface area contributed by atoms with Crippen LogP contribution in [0.15, 0.2) is 35.5 Å². The Kier molecular flexibility index (Phi) is 4.08. The van der Waals surface area contributed by atoms with Crippen molar-refractivity contribution in [1.82, 2.24) is 9.55 Å². The van der Waals surface area contributed by atoms with Crippen LogP contribution in [0, 0.1) is 0 Å². The number of nitrogens with two attached hydrogens (primary N) is 1. The maximum atomic E-state index is 12.6. The van der Waals surface area contributed by atoms with Gasteiger partial charge in [0, 0.05) is 17.3 Å². The van der Waals surface area contributed by atoms with Gasteiger partial charge in [-0.25, -0.2) is 4.98 Å². The van der Waals surface area contributed by atoms with Crippen LogP contribution in [0.25, 0.3) is 0 Å². The molecule has 0 spiro atoms. The number of thioether (sulfide) groups is 1. The average Bonchev–Trinajstić information content (AvgIpc) is 2.79. The highest BCUT2D eigenvalue weighted by Gasteiger charge is 2.11. The number of halogens is 3. The molecule has 0 fully saturated rings. The van der Waals surface area contributed by atoms with Crippen molar-refractivity contribution in [2.24, 2.45) is 0 Å². The van der Waals surface area contributed by atoms with Crippen molar-refractivity contribution < 1.29 is 8.78 Å². The molecule has 7 heteroatoms. The summed E-state index contributed by atoms with van der Waals surface area (Å²) in [4.78, 5) is 4.76. The maximum absolute atomic E-state index is 12.6. The normalized spacial score (nSPS) is 11.1. The maximum Gasteiger partial charge on any atom is 0.319 e. The molecule has 0 unspecified atom stereocenters. The largest absolute Gasteiger partial charge is 0.398 e. The van der Waals surface area contributed by atoms with E-state index >= 15 is 0 Å². The van der Waals surface area contributed by atoms with Gasteiger partial charge in [-0.15, -0.1) is 11.8 Å². The van der Waals surface area contributed by atoms with Crippen LogP contribution in [0.1, 0.15) is 12.4 Å². The van der Waals surface area contributed by atoms with Crippen LogP contribution in [-0.4, -0.2) is 9.55 Å². The summed E-state index contributed by atoms with van der Waals surface area (Å²) in [6, 6.07) is 5.18. The minimum atomic E-state index is -2.57. The number of hydrogen-bond acceptors (Lipinski definition) is 3. The average molecular weight is 290 g/mol. The number of rotatable bonds is 4. The Morgan fingerprint density at radius 2 is 2.22 bits per heavy atom. The van der Waals surface area contributed by atoms with Crippen LogP contribution >= 0.6 is 23.4 Å². The Morgan fingerprint density at radius 3 is 2.89 bits per heavy atom. The van der Waals surface area contributed by atoms with E-state index in [0.29, 0.717) is 22.3 Å². The third kappa shape index (κ3) is 2.94. The van der Waals surface area contributed by atoms with Crippen molar-refractivity contribution in [3.05, 3.63) is 41.4 Å². The quantitative estimate of drug-likeness (QED) is 0.687. The predicted molar refractivity (Wildman–Crippen MR) is 68.9 cm³/mol. The predicted octanol–water partition coefficient (Wildman–Crippen LogP) is 3.81. The first-order valence-electron chi connectivity index (χ1n) is 5.05. The number of aromatic nitrogens is 2. The molecule has 0 saturated carbocycles. The number of anilines is 1. The second kappa shape index (κ2) is 5.58. The molecule has 0 radical (unpaired) electrons. The molecule has 0 aliphatic carbocycles. The number of benzene rings is 1. The molecule has 1 heterocycles. The summed E-state index contributed by atoms with van der Waals surface area (Å²) < 4.78 is 26.0. The fourth-order valence-corrected chi connectivity index (χ4v) is 2.51. The molecule has 0 bridgehead atoms. The summed E-state index contributed by atoms with van der Waals surface area (Å²) in [5.41, 5.74) is 6.08. The van der Waals surface area contributed by atoms with Crippen LogP contribution in [-0.2, 0) is 5.75 Å². The molecule has 3 nitrogen and oxygen atoms in total. The molecule has 0 amide bonds. The van der Waals surface area contributed by atoms with Gasteiger partial charge in [0.1, 0.15) is 5.82 Å². The molecule has 0 atom stereocenters. The molecule has 2 N–H and O–H groups in total. The zero-order valence-electron chi connectivity index (χ0n) is 9.19.